The van der Waals surface area contributed by atoms with Gasteiger partial charge in [0, 0.05) is 31.7 Å². The summed E-state index contributed by atoms with van der Waals surface area (Å²) in [6.45, 7) is 7.69. The van der Waals surface area contributed by atoms with Crippen LogP contribution in [-0.2, 0) is 4.79 Å². The number of carbonyl (C=O) groups is 2. The van der Waals surface area contributed by atoms with Crippen LogP contribution in [0.4, 0.5) is 5.69 Å². The monoisotopic (exact) mass is 464 g/mol. The van der Waals surface area contributed by atoms with Crippen molar-refractivity contribution in [1.82, 2.24) is 4.90 Å². The number of likely N-dealkylation sites (N-methyl/N-ethyl adjacent to an activating group) is 1. The largest absolute Gasteiger partial charge is 0.507 e. The first-order chi connectivity index (χ1) is 15.9. The van der Waals surface area contributed by atoms with Crippen LogP contribution in [0.15, 0.2) is 35.3 Å². The van der Waals surface area contributed by atoms with Crippen LogP contribution in [0.1, 0.15) is 52.4 Å². The molecule has 0 bridgehead atoms. The molecule has 34 heavy (non-hydrogen) atoms. The maximum Gasteiger partial charge on any atom is 0.246 e. The minimum Gasteiger partial charge on any atom is -0.507 e. The number of ether oxygens (including phenoxy) is 1. The molecule has 0 saturated heterocycles. The maximum atomic E-state index is 13.0. The number of nitrogens with zero attached hydrogens (tertiary/aromatic N) is 2. The van der Waals surface area contributed by atoms with Gasteiger partial charge in [0.15, 0.2) is 11.7 Å². The van der Waals surface area contributed by atoms with Crippen LogP contribution in [0.3, 0.4) is 0 Å². The van der Waals surface area contributed by atoms with Crippen LogP contribution in [0.5, 0.6) is 11.5 Å². The highest BCUT2D eigenvalue weighted by atomic mass is 16.5. The predicted molar refractivity (Wildman–Crippen MR) is 133 cm³/mol. The van der Waals surface area contributed by atoms with E-state index in [0.29, 0.717) is 41.1 Å². The lowest BCUT2D eigenvalue weighted by atomic mass is 9.84. The number of aliphatic imine (C=N–C) groups is 1. The van der Waals surface area contributed by atoms with Crippen LogP contribution in [0, 0.1) is 20.8 Å². The number of hydrogen-bond donors (Lipinski definition) is 3. The summed E-state index contributed by atoms with van der Waals surface area (Å²) < 4.78 is 6.32. The van der Waals surface area contributed by atoms with Crippen molar-refractivity contribution >= 4 is 29.4 Å². The maximum absolute atomic E-state index is 13.0. The van der Waals surface area contributed by atoms with E-state index >= 15 is 0 Å². The minimum absolute atomic E-state index is 0.0144. The lowest BCUT2D eigenvalue weighted by molar-refractivity contribution is -0.125. The smallest absolute Gasteiger partial charge is 0.246 e. The Morgan fingerprint density at radius 2 is 1.82 bits per heavy atom. The van der Waals surface area contributed by atoms with Crippen molar-refractivity contribution in [3.05, 3.63) is 58.2 Å². The third-order valence-electron chi connectivity index (χ3n) is 6.30. The van der Waals surface area contributed by atoms with Crippen LogP contribution in [0.2, 0.25) is 0 Å². The molecule has 2 aromatic rings. The number of fused-ring (bicyclic) bond motifs is 1. The quantitative estimate of drug-likeness (QED) is 0.341. The molecule has 0 saturated carbocycles. The van der Waals surface area contributed by atoms with Gasteiger partial charge in [0.2, 0.25) is 5.91 Å². The summed E-state index contributed by atoms with van der Waals surface area (Å²) in [7, 11) is 1.72. The third-order valence-corrected chi connectivity index (χ3v) is 6.30. The molecule has 0 fully saturated rings. The zero-order valence-electron chi connectivity index (χ0n) is 20.3. The van der Waals surface area contributed by atoms with Crippen molar-refractivity contribution in [2.75, 3.05) is 13.6 Å². The topological polar surface area (TPSA) is 131 Å². The van der Waals surface area contributed by atoms with Gasteiger partial charge in [-0.2, -0.15) is 0 Å². The second-order valence-corrected chi connectivity index (χ2v) is 9.05. The van der Waals surface area contributed by atoms with Gasteiger partial charge in [0.1, 0.15) is 17.1 Å². The van der Waals surface area contributed by atoms with Crippen molar-refractivity contribution in [2.45, 2.75) is 46.1 Å². The van der Waals surface area contributed by atoms with E-state index in [1.165, 1.54) is 6.08 Å². The van der Waals surface area contributed by atoms with Crippen molar-refractivity contribution in [3.8, 4) is 11.5 Å². The second-order valence-electron chi connectivity index (χ2n) is 9.05. The molecule has 8 heteroatoms. The standard InChI is InChI=1S/C26H32N4O4/c1-15-16(2)24-22(17(3)23(15)33)20(31)14-26(4,34-24)12-13-30(5)21(32)11-8-18-6-9-19(10-7-18)29-25(27)28/h6-11,33H,12-14H2,1-5H3,(H4,27,28,29). The fraction of sp³-hybridized carbons (Fsp3) is 0.346. The number of rotatable bonds is 6. The summed E-state index contributed by atoms with van der Waals surface area (Å²) >= 11 is 0. The third kappa shape index (κ3) is 5.22. The number of phenols is 1. The number of hydrogen-bond acceptors (Lipinski definition) is 5. The van der Waals surface area contributed by atoms with E-state index in [9.17, 15) is 14.7 Å². The molecular formula is C26H32N4O4. The number of Topliss-reactive ketones (excluding diaryl/α,β-unsaturated/α-hetero) is 1. The molecule has 0 radical (unpaired) electrons. The van der Waals surface area contributed by atoms with E-state index < -0.39 is 5.60 Å². The van der Waals surface area contributed by atoms with Crippen molar-refractivity contribution < 1.29 is 19.4 Å². The van der Waals surface area contributed by atoms with Crippen molar-refractivity contribution in [3.63, 3.8) is 0 Å². The summed E-state index contributed by atoms with van der Waals surface area (Å²) in [5, 5.41) is 10.3. The zero-order valence-corrected chi connectivity index (χ0v) is 20.3. The Labute approximate surface area is 199 Å². The van der Waals surface area contributed by atoms with Gasteiger partial charge in [0.25, 0.3) is 0 Å². The number of guanidine groups is 1. The van der Waals surface area contributed by atoms with Gasteiger partial charge in [-0.1, -0.05) is 12.1 Å². The van der Waals surface area contributed by atoms with E-state index in [0.717, 1.165) is 11.1 Å². The molecule has 1 heterocycles. The first-order valence-electron chi connectivity index (χ1n) is 11.1. The first-order valence-corrected chi connectivity index (χ1v) is 11.1. The number of amides is 1. The molecule has 8 nitrogen and oxygen atoms in total. The highest BCUT2D eigenvalue weighted by Crippen LogP contribution is 2.44. The van der Waals surface area contributed by atoms with Gasteiger partial charge in [-0.15, -0.1) is 0 Å². The normalized spacial score (nSPS) is 17.3. The van der Waals surface area contributed by atoms with Crippen LogP contribution >= 0.6 is 0 Å². The number of benzene rings is 2. The Balaban J connectivity index is 1.66. The fourth-order valence-corrected chi connectivity index (χ4v) is 4.04. The number of nitrogens with two attached hydrogens (primary N) is 2. The van der Waals surface area contributed by atoms with Gasteiger partial charge in [-0.25, -0.2) is 4.99 Å². The highest BCUT2D eigenvalue weighted by molar-refractivity contribution is 6.03. The summed E-state index contributed by atoms with van der Waals surface area (Å²) in [6, 6.07) is 7.15. The highest BCUT2D eigenvalue weighted by Gasteiger charge is 2.39. The molecule has 1 atom stereocenters. The van der Waals surface area contributed by atoms with E-state index in [1.54, 1.807) is 37.1 Å². The summed E-state index contributed by atoms with van der Waals surface area (Å²) in [5.41, 5.74) is 13.9. The average Bonchev–Trinajstić information content (AvgIpc) is 2.78. The Hall–Kier alpha value is -3.81. The van der Waals surface area contributed by atoms with E-state index in [-0.39, 0.29) is 29.8 Å². The summed E-state index contributed by atoms with van der Waals surface area (Å²) in [4.78, 5) is 31.1. The predicted octanol–water partition coefficient (Wildman–Crippen LogP) is 3.51. The van der Waals surface area contributed by atoms with Crippen LogP contribution < -0.4 is 16.2 Å². The average molecular weight is 465 g/mol. The van der Waals surface area contributed by atoms with Gasteiger partial charge >= 0.3 is 0 Å². The Kier molecular flexibility index (Phi) is 7.00. The van der Waals surface area contributed by atoms with Crippen molar-refractivity contribution in [2.24, 2.45) is 16.5 Å². The zero-order chi connectivity index (χ0) is 25.2. The Morgan fingerprint density at radius 1 is 1.18 bits per heavy atom. The molecule has 5 N–H and O–H groups in total. The van der Waals surface area contributed by atoms with E-state index in [4.69, 9.17) is 16.2 Å². The Bertz CT molecular complexity index is 1180. The first kappa shape index (κ1) is 24.8. The van der Waals surface area contributed by atoms with Crippen molar-refractivity contribution in [1.29, 1.82) is 0 Å². The molecular weight excluding hydrogens is 432 g/mol. The lowest BCUT2D eigenvalue weighted by Crippen LogP contribution is -2.43. The molecule has 180 valence electrons. The van der Waals surface area contributed by atoms with E-state index in [2.05, 4.69) is 4.99 Å². The second kappa shape index (κ2) is 9.59. The number of aromatic hydroxyl groups is 1. The van der Waals surface area contributed by atoms with Gasteiger partial charge in [-0.3, -0.25) is 9.59 Å². The SMILES string of the molecule is Cc1c(C)c2c(c(C)c1O)C(=O)CC(C)(CCN(C)C(=O)C=Cc1ccc(N=C(N)N)cc1)O2. The fourth-order valence-electron chi connectivity index (χ4n) is 4.04. The molecule has 1 aliphatic heterocycles. The van der Waals surface area contributed by atoms with E-state index in [1.807, 2.05) is 32.9 Å². The number of ketones is 1. The van der Waals surface area contributed by atoms with Gasteiger partial charge in [0.05, 0.1) is 17.7 Å². The molecule has 1 unspecified atom stereocenters. The molecule has 1 aliphatic rings. The summed E-state index contributed by atoms with van der Waals surface area (Å²) in [6.07, 6.45) is 3.89. The molecule has 0 aliphatic carbocycles. The molecule has 0 aromatic heterocycles. The molecule has 1 amide bonds. The molecule has 0 spiro atoms. The lowest BCUT2D eigenvalue weighted by Gasteiger charge is -2.37. The number of carbonyl (C=O) groups excluding carboxylic acids is 2. The summed E-state index contributed by atoms with van der Waals surface area (Å²) in [5.74, 6) is 0.439. The van der Waals surface area contributed by atoms with Crippen LogP contribution in [-0.4, -0.2) is 46.8 Å². The van der Waals surface area contributed by atoms with Gasteiger partial charge < -0.3 is 26.2 Å². The molecule has 3 rings (SSSR count). The van der Waals surface area contributed by atoms with Crippen LogP contribution in [0.25, 0.3) is 6.08 Å². The van der Waals surface area contributed by atoms with Gasteiger partial charge in [-0.05, 0) is 62.6 Å². The minimum atomic E-state index is -0.746. The molecule has 2 aromatic carbocycles. The Morgan fingerprint density at radius 3 is 2.44 bits per heavy atom. The number of phenolic OH excluding ortho intramolecular Hbond substituents is 1.